The van der Waals surface area contributed by atoms with Gasteiger partial charge in [0.15, 0.2) is 6.61 Å². The smallest absolute Gasteiger partial charge is 0.262 e. The third-order valence-electron chi connectivity index (χ3n) is 4.68. The lowest BCUT2D eigenvalue weighted by Crippen LogP contribution is -2.20. The average Bonchev–Trinajstić information content (AvgIpc) is 3.10. The predicted molar refractivity (Wildman–Crippen MR) is 122 cm³/mol. The van der Waals surface area contributed by atoms with E-state index in [0.717, 1.165) is 27.7 Å². The van der Waals surface area contributed by atoms with Crippen molar-refractivity contribution >= 4 is 45.8 Å². The summed E-state index contributed by atoms with van der Waals surface area (Å²) in [6.45, 7) is 3.73. The highest BCUT2D eigenvalue weighted by Crippen LogP contribution is 2.27. The number of nitrogens with zero attached hydrogens (tertiary/aromatic N) is 1. The van der Waals surface area contributed by atoms with Gasteiger partial charge in [0.05, 0.1) is 11.0 Å². The van der Waals surface area contributed by atoms with Gasteiger partial charge >= 0.3 is 0 Å². The topological polar surface area (TPSA) is 67.0 Å². The Morgan fingerprint density at radius 2 is 1.90 bits per heavy atom. The number of amides is 1. The molecule has 1 aromatic heterocycles. The van der Waals surface area contributed by atoms with Crippen LogP contribution < -0.4 is 10.1 Å². The van der Waals surface area contributed by atoms with Gasteiger partial charge in [-0.1, -0.05) is 35.3 Å². The fourth-order valence-electron chi connectivity index (χ4n) is 3.14. The number of imidazole rings is 1. The van der Waals surface area contributed by atoms with E-state index in [1.165, 1.54) is 0 Å². The first-order valence-electron chi connectivity index (χ1n) is 9.34. The number of ether oxygens (including phenoxy) is 1. The number of hydrogen-bond donors (Lipinski definition) is 2. The highest BCUT2D eigenvalue weighted by atomic mass is 35.5. The highest BCUT2D eigenvalue weighted by Gasteiger charge is 2.10. The lowest BCUT2D eigenvalue weighted by atomic mass is 10.2. The van der Waals surface area contributed by atoms with Crippen LogP contribution in [0, 0.1) is 13.8 Å². The highest BCUT2D eigenvalue weighted by molar-refractivity contribution is 6.32. The minimum absolute atomic E-state index is 0.102. The van der Waals surface area contributed by atoms with Crippen LogP contribution in [0.5, 0.6) is 5.75 Å². The van der Waals surface area contributed by atoms with E-state index in [4.69, 9.17) is 27.9 Å². The first-order chi connectivity index (χ1) is 14.4. The van der Waals surface area contributed by atoms with Crippen molar-refractivity contribution in [3.8, 4) is 17.1 Å². The Bertz CT molecular complexity index is 1210. The molecule has 0 atom stereocenters. The van der Waals surface area contributed by atoms with Gasteiger partial charge in [-0.3, -0.25) is 4.79 Å². The lowest BCUT2D eigenvalue weighted by Gasteiger charge is -2.10. The minimum atomic E-state index is -0.256. The third kappa shape index (κ3) is 4.42. The minimum Gasteiger partial charge on any atom is -0.483 e. The summed E-state index contributed by atoms with van der Waals surface area (Å²) in [5.74, 6) is 1.07. The zero-order chi connectivity index (χ0) is 21.3. The van der Waals surface area contributed by atoms with Crippen LogP contribution in [0.25, 0.3) is 22.4 Å². The van der Waals surface area contributed by atoms with Gasteiger partial charge in [0.1, 0.15) is 11.6 Å². The van der Waals surface area contributed by atoms with E-state index in [2.05, 4.69) is 15.3 Å². The van der Waals surface area contributed by atoms with Crippen LogP contribution in [0.15, 0.2) is 54.6 Å². The molecule has 152 valence electrons. The Morgan fingerprint density at radius 3 is 2.70 bits per heavy atom. The lowest BCUT2D eigenvalue weighted by molar-refractivity contribution is -0.118. The second-order valence-electron chi connectivity index (χ2n) is 7.03. The molecule has 0 saturated carbocycles. The van der Waals surface area contributed by atoms with Gasteiger partial charge in [-0.2, -0.15) is 0 Å². The maximum absolute atomic E-state index is 12.3. The maximum Gasteiger partial charge on any atom is 0.262 e. The SMILES string of the molecule is Cc1cc2[nH]c(-c3cccc(NC(=O)COc4ccc(Cl)cc4C)c3)nc2cc1Cl. The van der Waals surface area contributed by atoms with Crippen molar-refractivity contribution in [3.63, 3.8) is 0 Å². The van der Waals surface area contributed by atoms with E-state index in [1.807, 2.05) is 50.2 Å². The second-order valence-corrected chi connectivity index (χ2v) is 7.88. The average molecular weight is 440 g/mol. The molecule has 0 fully saturated rings. The van der Waals surface area contributed by atoms with E-state index in [0.29, 0.717) is 27.3 Å². The Balaban J connectivity index is 1.47. The zero-order valence-electron chi connectivity index (χ0n) is 16.4. The molecule has 0 unspecified atom stereocenters. The molecule has 0 saturated heterocycles. The van der Waals surface area contributed by atoms with Gasteiger partial charge in [0, 0.05) is 21.3 Å². The van der Waals surface area contributed by atoms with Crippen LogP contribution in [0.3, 0.4) is 0 Å². The molecule has 5 nitrogen and oxygen atoms in total. The predicted octanol–water partition coefficient (Wildman–Crippen LogP) is 6.17. The summed E-state index contributed by atoms with van der Waals surface area (Å²) in [4.78, 5) is 20.2. The monoisotopic (exact) mass is 439 g/mol. The fraction of sp³-hybridized carbons (Fsp3) is 0.130. The fourth-order valence-corrected chi connectivity index (χ4v) is 3.52. The van der Waals surface area contributed by atoms with Crippen LogP contribution in [0.4, 0.5) is 5.69 Å². The molecule has 4 rings (SSSR count). The number of fused-ring (bicyclic) bond motifs is 1. The Hall–Kier alpha value is -3.02. The van der Waals surface area contributed by atoms with Gasteiger partial charge in [-0.05, 0) is 67.4 Å². The molecule has 1 heterocycles. The van der Waals surface area contributed by atoms with Crippen molar-refractivity contribution in [1.82, 2.24) is 9.97 Å². The van der Waals surface area contributed by atoms with Crippen LogP contribution in [-0.2, 0) is 4.79 Å². The van der Waals surface area contributed by atoms with Crippen molar-refractivity contribution in [2.45, 2.75) is 13.8 Å². The van der Waals surface area contributed by atoms with Crippen molar-refractivity contribution in [2.24, 2.45) is 0 Å². The molecule has 0 aliphatic carbocycles. The summed E-state index contributed by atoms with van der Waals surface area (Å²) in [6.07, 6.45) is 0. The van der Waals surface area contributed by atoms with Crippen LogP contribution in [0.2, 0.25) is 10.0 Å². The van der Waals surface area contributed by atoms with Gasteiger partial charge in [0.2, 0.25) is 0 Å². The van der Waals surface area contributed by atoms with Crippen molar-refractivity contribution in [2.75, 3.05) is 11.9 Å². The molecule has 1 amide bonds. The molecule has 0 spiro atoms. The second kappa shape index (κ2) is 8.38. The Labute approximate surface area is 184 Å². The largest absolute Gasteiger partial charge is 0.483 e. The molecule has 0 aliphatic rings. The molecule has 4 aromatic rings. The molecule has 0 radical (unpaired) electrons. The van der Waals surface area contributed by atoms with Crippen molar-refractivity contribution in [1.29, 1.82) is 0 Å². The molecule has 7 heteroatoms. The Kier molecular flexibility index (Phi) is 5.66. The van der Waals surface area contributed by atoms with Crippen molar-refractivity contribution < 1.29 is 9.53 Å². The summed E-state index contributed by atoms with van der Waals surface area (Å²) in [6, 6.07) is 16.5. The van der Waals surface area contributed by atoms with E-state index in [1.54, 1.807) is 18.2 Å². The molecule has 0 aliphatic heterocycles. The number of H-pyrrole nitrogens is 1. The third-order valence-corrected chi connectivity index (χ3v) is 5.32. The molecule has 2 N–H and O–H groups in total. The van der Waals surface area contributed by atoms with E-state index >= 15 is 0 Å². The summed E-state index contributed by atoms with van der Waals surface area (Å²) in [7, 11) is 0. The standard InChI is InChI=1S/C23H19Cl2N3O2/c1-13-9-19-20(11-18(13)25)28-23(27-19)15-4-3-5-17(10-15)26-22(29)12-30-21-7-6-16(24)8-14(21)2/h3-11H,12H2,1-2H3,(H,26,29)(H,27,28). The molecule has 0 bridgehead atoms. The van der Waals surface area contributed by atoms with Gasteiger partial charge < -0.3 is 15.0 Å². The number of nitrogens with one attached hydrogen (secondary N) is 2. The number of halogens is 2. The molecular formula is C23H19Cl2N3O2. The number of carbonyl (C=O) groups excluding carboxylic acids is 1. The van der Waals surface area contributed by atoms with Gasteiger partial charge in [-0.15, -0.1) is 0 Å². The zero-order valence-corrected chi connectivity index (χ0v) is 17.9. The normalized spacial score (nSPS) is 10.9. The van der Waals surface area contributed by atoms with E-state index in [9.17, 15) is 4.79 Å². The molecule has 30 heavy (non-hydrogen) atoms. The van der Waals surface area contributed by atoms with E-state index < -0.39 is 0 Å². The number of rotatable bonds is 5. The first kappa shape index (κ1) is 20.3. The number of aromatic nitrogens is 2. The number of carbonyl (C=O) groups is 1. The summed E-state index contributed by atoms with van der Waals surface area (Å²) in [5.41, 5.74) is 5.07. The number of benzene rings is 3. The van der Waals surface area contributed by atoms with E-state index in [-0.39, 0.29) is 12.5 Å². The quantitative estimate of drug-likeness (QED) is 0.390. The first-order valence-corrected chi connectivity index (χ1v) is 10.1. The Morgan fingerprint density at radius 1 is 1.07 bits per heavy atom. The summed E-state index contributed by atoms with van der Waals surface area (Å²) >= 11 is 12.1. The molecule has 3 aromatic carbocycles. The summed E-state index contributed by atoms with van der Waals surface area (Å²) < 4.78 is 5.60. The maximum atomic E-state index is 12.3. The van der Waals surface area contributed by atoms with Crippen LogP contribution in [0.1, 0.15) is 11.1 Å². The number of hydrogen-bond acceptors (Lipinski definition) is 3. The molecular weight excluding hydrogens is 421 g/mol. The van der Waals surface area contributed by atoms with Crippen LogP contribution >= 0.6 is 23.2 Å². The number of aromatic amines is 1. The van der Waals surface area contributed by atoms with Gasteiger partial charge in [-0.25, -0.2) is 4.98 Å². The number of aryl methyl sites for hydroxylation is 2. The van der Waals surface area contributed by atoms with Gasteiger partial charge in [0.25, 0.3) is 5.91 Å². The van der Waals surface area contributed by atoms with Crippen LogP contribution in [-0.4, -0.2) is 22.5 Å². The number of anilines is 1. The summed E-state index contributed by atoms with van der Waals surface area (Å²) in [5, 5.41) is 4.16. The van der Waals surface area contributed by atoms with Crippen molar-refractivity contribution in [3.05, 3.63) is 75.8 Å².